The number of para-hydroxylation sites is 1. The molecule has 1 nitrogen and oxygen atoms in total. The third-order valence-electron chi connectivity index (χ3n) is 14.9. The van der Waals surface area contributed by atoms with E-state index in [4.69, 9.17) is 0 Å². The zero-order valence-electron chi connectivity index (χ0n) is 38.1. The summed E-state index contributed by atoms with van der Waals surface area (Å²) in [5.41, 5.74) is 23.4. The third-order valence-corrected chi connectivity index (χ3v) is 14.9. The van der Waals surface area contributed by atoms with E-state index in [-0.39, 0.29) is 0 Å². The van der Waals surface area contributed by atoms with E-state index < -0.39 is 10.8 Å². The normalized spacial score (nSPS) is 15.7. The lowest BCUT2D eigenvalue weighted by atomic mass is 9.67. The first kappa shape index (κ1) is 40.5. The lowest BCUT2D eigenvalue weighted by molar-refractivity contribution is 0.768. The molecule has 0 bridgehead atoms. The summed E-state index contributed by atoms with van der Waals surface area (Å²) < 4.78 is 0. The molecule has 1 atom stereocenters. The van der Waals surface area contributed by atoms with Crippen molar-refractivity contribution in [2.24, 2.45) is 0 Å². The van der Waals surface area contributed by atoms with E-state index in [0.717, 1.165) is 22.6 Å². The Labute approximate surface area is 405 Å². The predicted octanol–water partition coefficient (Wildman–Crippen LogP) is 17.2. The van der Waals surface area contributed by atoms with E-state index >= 15 is 0 Å². The lowest BCUT2D eigenvalue weighted by Crippen LogP contribution is -2.28. The molecule has 0 N–H and O–H groups in total. The molecule has 0 saturated heterocycles. The smallest absolute Gasteiger partial charge is 0.0731 e. The first-order valence-corrected chi connectivity index (χ1v) is 24.0. The molecule has 13 rings (SSSR count). The van der Waals surface area contributed by atoms with Crippen LogP contribution in [0, 0.1) is 0 Å². The van der Waals surface area contributed by atoms with E-state index in [0.29, 0.717) is 0 Å². The van der Waals surface area contributed by atoms with Gasteiger partial charge in [-0.15, -0.1) is 0 Å². The van der Waals surface area contributed by atoms with Crippen molar-refractivity contribution in [3.63, 3.8) is 0 Å². The lowest BCUT2D eigenvalue weighted by Gasteiger charge is -2.35. The Hall–Kier alpha value is -8.78. The minimum Gasteiger partial charge on any atom is -0.310 e. The van der Waals surface area contributed by atoms with Crippen LogP contribution in [0.2, 0.25) is 0 Å². The van der Waals surface area contributed by atoms with Crippen LogP contribution in [0.1, 0.15) is 50.1 Å². The molecule has 0 fully saturated rings. The number of nitrogens with zero attached hydrogens (tertiary/aromatic N) is 1. The van der Waals surface area contributed by atoms with Crippen molar-refractivity contribution in [3.8, 4) is 33.4 Å². The van der Waals surface area contributed by atoms with Gasteiger partial charge in [-0.05, 0) is 119 Å². The van der Waals surface area contributed by atoms with Crippen molar-refractivity contribution >= 4 is 28.2 Å². The van der Waals surface area contributed by atoms with Crippen LogP contribution in [0.5, 0.6) is 0 Å². The molecule has 0 amide bonds. The summed E-state index contributed by atoms with van der Waals surface area (Å²) in [6.07, 6.45) is 6.23. The Kier molecular flexibility index (Phi) is 9.52. The monoisotopic (exact) mass is 877 g/mol. The number of anilines is 3. The fraction of sp³-hybridized carbons (Fsp3) is 0.0294. The highest BCUT2D eigenvalue weighted by Crippen LogP contribution is 2.65. The van der Waals surface area contributed by atoms with Crippen molar-refractivity contribution in [1.29, 1.82) is 0 Å². The van der Waals surface area contributed by atoms with Gasteiger partial charge in [0.25, 0.3) is 0 Å². The van der Waals surface area contributed by atoms with Gasteiger partial charge < -0.3 is 4.90 Å². The SMILES string of the molecule is C=C/C=C\C1=C(c2ccccc2)C2(c3ccccc31)c1ccccc1-c1cc(N(c3ccc4c(c3)C(c3ccccc3)(c3ccccc3)c3ccccc3-4)c3ccccc3-c3ccccc3)ccc12. The third kappa shape index (κ3) is 5.90. The van der Waals surface area contributed by atoms with Crippen LogP contribution in [-0.2, 0) is 10.8 Å². The summed E-state index contributed by atoms with van der Waals surface area (Å²) in [5, 5.41) is 0. The molecule has 10 aromatic carbocycles. The topological polar surface area (TPSA) is 3.24 Å². The van der Waals surface area contributed by atoms with Crippen LogP contribution >= 0.6 is 0 Å². The second-order valence-electron chi connectivity index (χ2n) is 18.3. The van der Waals surface area contributed by atoms with Crippen molar-refractivity contribution < 1.29 is 0 Å². The molecule has 3 aliphatic carbocycles. The minimum atomic E-state index is -0.555. The van der Waals surface area contributed by atoms with Crippen LogP contribution in [0.4, 0.5) is 17.1 Å². The first-order chi connectivity index (χ1) is 34.2. The van der Waals surface area contributed by atoms with Crippen LogP contribution in [-0.4, -0.2) is 0 Å². The van der Waals surface area contributed by atoms with Crippen LogP contribution in [0.3, 0.4) is 0 Å². The van der Waals surface area contributed by atoms with E-state index in [2.05, 4.69) is 278 Å². The molecule has 3 aliphatic rings. The summed E-state index contributed by atoms with van der Waals surface area (Å²) in [4.78, 5) is 2.51. The second kappa shape index (κ2) is 16.2. The fourth-order valence-electron chi connectivity index (χ4n) is 12.3. The highest BCUT2D eigenvalue weighted by molar-refractivity contribution is 6.12. The average Bonchev–Trinajstić information content (AvgIpc) is 4.01. The van der Waals surface area contributed by atoms with Gasteiger partial charge in [-0.25, -0.2) is 0 Å². The first-order valence-electron chi connectivity index (χ1n) is 24.0. The second-order valence-corrected chi connectivity index (χ2v) is 18.3. The Morgan fingerprint density at radius 1 is 0.333 bits per heavy atom. The number of fused-ring (bicyclic) bond motifs is 10. The maximum atomic E-state index is 4.09. The van der Waals surface area contributed by atoms with E-state index in [9.17, 15) is 0 Å². The molecule has 324 valence electrons. The van der Waals surface area contributed by atoms with E-state index in [1.54, 1.807) is 0 Å². The van der Waals surface area contributed by atoms with Crippen LogP contribution in [0.15, 0.2) is 280 Å². The summed E-state index contributed by atoms with van der Waals surface area (Å²) >= 11 is 0. The molecule has 10 aromatic rings. The highest BCUT2D eigenvalue weighted by Gasteiger charge is 2.53. The van der Waals surface area contributed by atoms with Gasteiger partial charge in [0.15, 0.2) is 0 Å². The van der Waals surface area contributed by atoms with Crippen molar-refractivity contribution in [1.82, 2.24) is 0 Å². The largest absolute Gasteiger partial charge is 0.310 e. The van der Waals surface area contributed by atoms with Crippen LogP contribution in [0.25, 0.3) is 44.5 Å². The number of rotatable bonds is 9. The molecule has 0 radical (unpaired) electrons. The molecule has 0 heterocycles. The molecule has 0 aliphatic heterocycles. The quantitative estimate of drug-likeness (QED) is 0.131. The molecule has 0 saturated carbocycles. The van der Waals surface area contributed by atoms with Gasteiger partial charge in [0.1, 0.15) is 0 Å². The van der Waals surface area contributed by atoms with Gasteiger partial charge in [0.05, 0.1) is 16.5 Å². The van der Waals surface area contributed by atoms with Gasteiger partial charge in [-0.3, -0.25) is 0 Å². The zero-order chi connectivity index (χ0) is 45.9. The van der Waals surface area contributed by atoms with Gasteiger partial charge in [-0.2, -0.15) is 0 Å². The van der Waals surface area contributed by atoms with Gasteiger partial charge in [0.2, 0.25) is 0 Å². The summed E-state index contributed by atoms with van der Waals surface area (Å²) in [6.45, 7) is 4.09. The highest BCUT2D eigenvalue weighted by atomic mass is 15.1. The van der Waals surface area contributed by atoms with E-state index in [1.165, 1.54) is 89.0 Å². The average molecular weight is 878 g/mol. The van der Waals surface area contributed by atoms with Gasteiger partial charge in [-0.1, -0.05) is 249 Å². The fourth-order valence-corrected chi connectivity index (χ4v) is 12.3. The molecular formula is C68H47N. The number of allylic oxidation sites excluding steroid dienone is 5. The van der Waals surface area contributed by atoms with E-state index in [1.807, 2.05) is 6.08 Å². The molecule has 0 aromatic heterocycles. The Balaban J connectivity index is 1.10. The zero-order valence-corrected chi connectivity index (χ0v) is 38.1. The standard InChI is InChI=1S/C68H47N/c1-2-3-32-58-55-35-17-21-38-61(55)68(66(58)48-26-10-5-11-27-48)62-39-22-18-36-56(62)59-45-51(42-44-63(59)68)69(65-40-23-19-33-53(65)47-24-8-4-9-25-47)52-41-43-57-54-34-16-20-37-60(54)67(64(57)46-52,49-28-12-6-13-29-49)50-30-14-7-15-31-50/h2-46H,1H2/b32-3-. The maximum absolute atomic E-state index is 4.09. The number of hydrogen-bond acceptors (Lipinski definition) is 1. The molecular weight excluding hydrogens is 831 g/mol. The number of hydrogen-bond donors (Lipinski definition) is 0. The Morgan fingerprint density at radius 2 is 0.783 bits per heavy atom. The predicted molar refractivity (Wildman–Crippen MR) is 288 cm³/mol. The van der Waals surface area contributed by atoms with Crippen molar-refractivity contribution in [2.75, 3.05) is 4.90 Å². The maximum Gasteiger partial charge on any atom is 0.0731 e. The molecule has 69 heavy (non-hydrogen) atoms. The molecule has 1 spiro atoms. The summed E-state index contributed by atoms with van der Waals surface area (Å²) in [7, 11) is 0. The number of benzene rings is 10. The van der Waals surface area contributed by atoms with Crippen LogP contribution < -0.4 is 4.90 Å². The Morgan fingerprint density at radius 3 is 1.42 bits per heavy atom. The summed E-state index contributed by atoms with van der Waals surface area (Å²) in [6, 6.07) is 94.6. The molecule has 1 unspecified atom stereocenters. The van der Waals surface area contributed by atoms with Gasteiger partial charge >= 0.3 is 0 Å². The molecule has 1 heteroatoms. The summed E-state index contributed by atoms with van der Waals surface area (Å²) in [5.74, 6) is 0. The van der Waals surface area contributed by atoms with Crippen molar-refractivity contribution in [3.05, 3.63) is 330 Å². The minimum absolute atomic E-state index is 0.549. The Bertz CT molecular complexity index is 3640. The van der Waals surface area contributed by atoms with Crippen molar-refractivity contribution in [2.45, 2.75) is 10.8 Å². The van der Waals surface area contributed by atoms with Gasteiger partial charge in [0, 0.05) is 16.9 Å².